The van der Waals surface area contributed by atoms with Gasteiger partial charge < -0.3 is 20.9 Å². The fourth-order valence-corrected chi connectivity index (χ4v) is 2.58. The third-order valence-corrected chi connectivity index (χ3v) is 3.71. The maximum absolute atomic E-state index is 9.99. The number of hydrogen-bond acceptors (Lipinski definition) is 5. The van der Waals surface area contributed by atoms with Crippen LogP contribution in [-0.4, -0.2) is 28.3 Å². The van der Waals surface area contributed by atoms with Gasteiger partial charge in [-0.15, -0.1) is 0 Å². The van der Waals surface area contributed by atoms with Crippen LogP contribution in [0.25, 0.3) is 0 Å². The van der Waals surface area contributed by atoms with E-state index in [0.29, 0.717) is 17.5 Å². The summed E-state index contributed by atoms with van der Waals surface area (Å²) < 4.78 is 5.76. The summed E-state index contributed by atoms with van der Waals surface area (Å²) in [5.74, 6) is 1.49. The number of rotatable bonds is 4. The smallest absolute Gasteiger partial charge is 0.239 e. The number of ether oxygens (including phenoxy) is 1. The minimum absolute atomic E-state index is 0.203. The molecule has 0 spiro atoms. The number of aromatic nitrogens is 1. The van der Waals surface area contributed by atoms with Crippen LogP contribution >= 0.6 is 0 Å². The average Bonchev–Trinajstić information content (AvgIpc) is 2.39. The Labute approximate surface area is 126 Å². The van der Waals surface area contributed by atoms with E-state index in [-0.39, 0.29) is 11.7 Å². The van der Waals surface area contributed by atoms with Gasteiger partial charge in [-0.2, -0.15) is 4.98 Å². The lowest BCUT2D eigenvalue weighted by Crippen LogP contribution is -2.30. The SMILES string of the molecule is CC(C)(C)Oc1nc(NCC2CCCCC2O)ccc1N. The molecule has 1 aromatic heterocycles. The molecule has 4 N–H and O–H groups in total. The minimum Gasteiger partial charge on any atom is -0.470 e. The summed E-state index contributed by atoms with van der Waals surface area (Å²) in [6.07, 6.45) is 4.08. The predicted molar refractivity (Wildman–Crippen MR) is 85.5 cm³/mol. The van der Waals surface area contributed by atoms with Crippen LogP contribution in [0.4, 0.5) is 11.5 Å². The molecule has 1 saturated carbocycles. The third kappa shape index (κ3) is 4.77. The first kappa shape index (κ1) is 15.9. The largest absolute Gasteiger partial charge is 0.470 e. The number of nitrogen functional groups attached to an aromatic ring is 1. The summed E-state index contributed by atoms with van der Waals surface area (Å²) in [5.41, 5.74) is 6.10. The molecule has 1 heterocycles. The molecule has 1 aromatic rings. The second kappa shape index (κ2) is 6.52. The summed E-state index contributed by atoms with van der Waals surface area (Å²) in [4.78, 5) is 4.43. The zero-order chi connectivity index (χ0) is 15.5. The van der Waals surface area contributed by atoms with Crippen molar-refractivity contribution in [3.05, 3.63) is 12.1 Å². The standard InChI is InChI=1S/C16H27N3O2/c1-16(2,3)21-15-12(17)8-9-14(19-15)18-10-11-6-4-5-7-13(11)20/h8-9,11,13,20H,4-7,10,17H2,1-3H3,(H,18,19). The highest BCUT2D eigenvalue weighted by molar-refractivity contribution is 5.53. The quantitative estimate of drug-likeness (QED) is 0.795. The van der Waals surface area contributed by atoms with Gasteiger partial charge in [0.25, 0.3) is 0 Å². The van der Waals surface area contributed by atoms with Gasteiger partial charge in [0.1, 0.15) is 11.4 Å². The Kier molecular flexibility index (Phi) is 4.93. The van der Waals surface area contributed by atoms with E-state index in [0.717, 1.165) is 31.6 Å². The van der Waals surface area contributed by atoms with E-state index in [1.807, 2.05) is 26.8 Å². The molecule has 2 atom stereocenters. The van der Waals surface area contributed by atoms with E-state index in [9.17, 15) is 5.11 Å². The van der Waals surface area contributed by atoms with Crippen LogP contribution < -0.4 is 15.8 Å². The van der Waals surface area contributed by atoms with Gasteiger partial charge in [0, 0.05) is 12.5 Å². The molecule has 0 saturated heterocycles. The van der Waals surface area contributed by atoms with Crippen LogP contribution in [0, 0.1) is 5.92 Å². The highest BCUT2D eigenvalue weighted by atomic mass is 16.5. The average molecular weight is 293 g/mol. The topological polar surface area (TPSA) is 80.4 Å². The predicted octanol–water partition coefficient (Wildman–Crippen LogP) is 2.80. The Morgan fingerprint density at radius 2 is 2.05 bits per heavy atom. The Morgan fingerprint density at radius 1 is 1.33 bits per heavy atom. The van der Waals surface area contributed by atoms with Crippen molar-refractivity contribution in [1.29, 1.82) is 0 Å². The van der Waals surface area contributed by atoms with E-state index in [1.165, 1.54) is 6.42 Å². The van der Waals surface area contributed by atoms with Crippen molar-refractivity contribution in [1.82, 2.24) is 4.98 Å². The molecular weight excluding hydrogens is 266 g/mol. The maximum Gasteiger partial charge on any atom is 0.239 e. The number of anilines is 2. The first-order valence-corrected chi connectivity index (χ1v) is 7.72. The van der Waals surface area contributed by atoms with Gasteiger partial charge in [-0.25, -0.2) is 0 Å². The molecule has 5 nitrogen and oxygen atoms in total. The third-order valence-electron chi connectivity index (χ3n) is 3.71. The van der Waals surface area contributed by atoms with E-state index in [4.69, 9.17) is 10.5 Å². The highest BCUT2D eigenvalue weighted by Crippen LogP contribution is 2.27. The van der Waals surface area contributed by atoms with Crippen molar-refractivity contribution in [2.75, 3.05) is 17.6 Å². The number of nitrogens with one attached hydrogen (secondary N) is 1. The summed E-state index contributed by atoms with van der Waals surface area (Å²) in [6.45, 7) is 6.62. The molecule has 118 valence electrons. The number of hydrogen-bond donors (Lipinski definition) is 3. The Balaban J connectivity index is 1.98. The van der Waals surface area contributed by atoms with Crippen LogP contribution in [0.3, 0.4) is 0 Å². The zero-order valence-electron chi connectivity index (χ0n) is 13.2. The molecule has 0 amide bonds. The summed E-state index contributed by atoms with van der Waals surface area (Å²) in [5, 5.41) is 13.3. The van der Waals surface area contributed by atoms with E-state index >= 15 is 0 Å². The Hall–Kier alpha value is -1.49. The Bertz CT molecular complexity index is 471. The van der Waals surface area contributed by atoms with Crippen LogP contribution in [0.15, 0.2) is 12.1 Å². The van der Waals surface area contributed by atoms with Crippen molar-refractivity contribution < 1.29 is 9.84 Å². The molecule has 1 aliphatic rings. The van der Waals surface area contributed by atoms with Crippen LogP contribution in [-0.2, 0) is 0 Å². The number of aliphatic hydroxyl groups is 1. The molecule has 0 aromatic carbocycles. The fraction of sp³-hybridized carbons (Fsp3) is 0.688. The molecule has 2 unspecified atom stereocenters. The monoisotopic (exact) mass is 293 g/mol. The normalized spacial score (nSPS) is 22.9. The molecule has 0 aliphatic heterocycles. The lowest BCUT2D eigenvalue weighted by Gasteiger charge is -2.28. The number of pyridine rings is 1. The Morgan fingerprint density at radius 3 is 2.71 bits per heavy atom. The molecule has 2 rings (SSSR count). The van der Waals surface area contributed by atoms with Crippen LogP contribution in [0.2, 0.25) is 0 Å². The van der Waals surface area contributed by atoms with Gasteiger partial charge in [-0.05, 0) is 45.7 Å². The van der Waals surface area contributed by atoms with Gasteiger partial charge in [-0.3, -0.25) is 0 Å². The van der Waals surface area contributed by atoms with Gasteiger partial charge in [-0.1, -0.05) is 12.8 Å². The van der Waals surface area contributed by atoms with Gasteiger partial charge in [0.15, 0.2) is 0 Å². The first-order chi connectivity index (χ1) is 9.85. The zero-order valence-corrected chi connectivity index (χ0v) is 13.2. The molecule has 0 bridgehead atoms. The fourth-order valence-electron chi connectivity index (χ4n) is 2.58. The second-order valence-corrected chi connectivity index (χ2v) is 6.80. The summed E-state index contributed by atoms with van der Waals surface area (Å²) in [6, 6.07) is 3.65. The van der Waals surface area contributed by atoms with Gasteiger partial charge in [0.05, 0.1) is 11.8 Å². The maximum atomic E-state index is 9.99. The number of nitrogens with two attached hydrogens (primary N) is 1. The van der Waals surface area contributed by atoms with Crippen LogP contribution in [0.5, 0.6) is 5.88 Å². The molecule has 0 radical (unpaired) electrons. The second-order valence-electron chi connectivity index (χ2n) is 6.80. The molecule has 21 heavy (non-hydrogen) atoms. The number of nitrogens with zero attached hydrogens (tertiary/aromatic N) is 1. The lowest BCUT2D eigenvalue weighted by molar-refractivity contribution is 0.0763. The van der Waals surface area contributed by atoms with Gasteiger partial charge >= 0.3 is 0 Å². The molecule has 1 fully saturated rings. The van der Waals surface area contributed by atoms with Crippen molar-refractivity contribution >= 4 is 11.5 Å². The summed E-state index contributed by atoms with van der Waals surface area (Å²) >= 11 is 0. The van der Waals surface area contributed by atoms with Crippen molar-refractivity contribution in [3.8, 4) is 5.88 Å². The van der Waals surface area contributed by atoms with E-state index in [2.05, 4.69) is 10.3 Å². The van der Waals surface area contributed by atoms with Crippen molar-refractivity contribution in [3.63, 3.8) is 0 Å². The van der Waals surface area contributed by atoms with E-state index in [1.54, 1.807) is 6.07 Å². The molecule has 1 aliphatic carbocycles. The van der Waals surface area contributed by atoms with Crippen LogP contribution in [0.1, 0.15) is 46.5 Å². The first-order valence-electron chi connectivity index (χ1n) is 7.72. The highest BCUT2D eigenvalue weighted by Gasteiger charge is 2.23. The van der Waals surface area contributed by atoms with E-state index < -0.39 is 0 Å². The minimum atomic E-state index is -0.334. The summed E-state index contributed by atoms with van der Waals surface area (Å²) in [7, 11) is 0. The van der Waals surface area contributed by atoms with Crippen molar-refractivity contribution in [2.45, 2.75) is 58.2 Å². The van der Waals surface area contributed by atoms with Gasteiger partial charge in [0.2, 0.25) is 5.88 Å². The number of aliphatic hydroxyl groups excluding tert-OH is 1. The lowest BCUT2D eigenvalue weighted by atomic mass is 9.86. The molecule has 5 heteroatoms. The molecular formula is C16H27N3O2. The van der Waals surface area contributed by atoms with Crippen molar-refractivity contribution in [2.24, 2.45) is 5.92 Å².